The van der Waals surface area contributed by atoms with E-state index in [0.29, 0.717) is 6.54 Å². The van der Waals surface area contributed by atoms with Gasteiger partial charge >= 0.3 is 6.17 Å². The molecule has 84 valence electrons. The monoisotopic (exact) mass is 210 g/mol. The van der Waals surface area contributed by atoms with E-state index in [1.165, 1.54) is 0 Å². The van der Waals surface area contributed by atoms with Crippen LogP contribution < -0.4 is 10.6 Å². The summed E-state index contributed by atoms with van der Waals surface area (Å²) in [6.07, 6.45) is 1.56. The molecule has 5 nitrogen and oxygen atoms in total. The highest BCUT2D eigenvalue weighted by molar-refractivity contribution is 5.79. The summed E-state index contributed by atoms with van der Waals surface area (Å²) in [4.78, 5) is 16.8. The number of nitrogens with one attached hydrogen (secondary N) is 2. The summed E-state index contributed by atoms with van der Waals surface area (Å²) in [7, 11) is 1.87. The third-order valence-electron chi connectivity index (χ3n) is 2.52. The molecule has 15 heavy (non-hydrogen) atoms. The summed E-state index contributed by atoms with van der Waals surface area (Å²) in [5, 5.41) is 6.05. The van der Waals surface area contributed by atoms with Gasteiger partial charge in [0.15, 0.2) is 0 Å². The highest BCUT2D eigenvalue weighted by Gasteiger charge is 2.32. The van der Waals surface area contributed by atoms with E-state index < -0.39 is 0 Å². The third kappa shape index (κ3) is 3.50. The molecule has 0 aromatic carbocycles. The van der Waals surface area contributed by atoms with Crippen LogP contribution in [-0.4, -0.2) is 50.2 Å². The maximum Gasteiger partial charge on any atom is 0.300 e. The van der Waals surface area contributed by atoms with Crippen LogP contribution in [0.5, 0.6) is 0 Å². The maximum atomic E-state index is 11.7. The number of likely N-dealkylation sites (N-methyl/N-ethyl adjacent to an activating group) is 1. The normalized spacial score (nSPS) is 20.3. The topological polar surface area (TPSA) is 48.7 Å². The summed E-state index contributed by atoms with van der Waals surface area (Å²) >= 11 is 0. The lowest BCUT2D eigenvalue weighted by Gasteiger charge is -2.16. The van der Waals surface area contributed by atoms with E-state index in [-0.39, 0.29) is 12.1 Å². The van der Waals surface area contributed by atoms with Crippen LogP contribution in [0.2, 0.25) is 0 Å². The molecule has 1 amide bonds. The lowest BCUT2D eigenvalue weighted by Crippen LogP contribution is -2.41. The minimum atomic E-state index is -0.219. The molecule has 0 bridgehead atoms. The number of carbonyl (C=O) groups is 1. The van der Waals surface area contributed by atoms with Crippen LogP contribution in [-0.2, 0) is 4.79 Å². The van der Waals surface area contributed by atoms with Crippen LogP contribution in [0.15, 0.2) is 0 Å². The summed E-state index contributed by atoms with van der Waals surface area (Å²) in [5.74, 6) is 0.0459. The highest BCUT2D eigenvalue weighted by atomic mass is 16.2. The average molecular weight is 210 g/mol. The number of hydrogen-bond acceptors (Lipinski definition) is 3. The van der Waals surface area contributed by atoms with Gasteiger partial charge in [-0.2, -0.15) is 0 Å². The minimum absolute atomic E-state index is 0.0459. The van der Waals surface area contributed by atoms with E-state index in [4.69, 9.17) is 6.57 Å². The van der Waals surface area contributed by atoms with Gasteiger partial charge in [0.2, 0.25) is 5.91 Å². The van der Waals surface area contributed by atoms with Gasteiger partial charge in [-0.1, -0.05) is 0 Å². The zero-order valence-electron chi connectivity index (χ0n) is 9.12. The molecule has 0 aromatic rings. The molecule has 0 radical (unpaired) electrons. The molecule has 1 aliphatic rings. The fourth-order valence-corrected chi connectivity index (χ4v) is 1.68. The zero-order valence-corrected chi connectivity index (χ0v) is 9.12. The molecule has 0 aliphatic carbocycles. The summed E-state index contributed by atoms with van der Waals surface area (Å²) in [5.41, 5.74) is 0. The van der Waals surface area contributed by atoms with E-state index >= 15 is 0 Å². The van der Waals surface area contributed by atoms with Crippen molar-refractivity contribution >= 4 is 5.91 Å². The van der Waals surface area contributed by atoms with Crippen LogP contribution in [0, 0.1) is 6.57 Å². The van der Waals surface area contributed by atoms with Gasteiger partial charge < -0.3 is 10.6 Å². The number of likely N-dealkylation sites (tertiary alicyclic amines) is 1. The van der Waals surface area contributed by atoms with Crippen molar-refractivity contribution in [3.8, 4) is 0 Å². The molecule has 5 heteroatoms. The predicted octanol–water partition coefficient (Wildman–Crippen LogP) is -0.337. The molecule has 0 spiro atoms. The van der Waals surface area contributed by atoms with Gasteiger partial charge in [-0.3, -0.25) is 14.5 Å². The number of amides is 1. The summed E-state index contributed by atoms with van der Waals surface area (Å²) < 4.78 is 0. The maximum absolute atomic E-state index is 11.7. The van der Waals surface area contributed by atoms with Crippen molar-refractivity contribution in [1.29, 1.82) is 0 Å². The van der Waals surface area contributed by atoms with Crippen LogP contribution in [0.1, 0.15) is 12.8 Å². The van der Waals surface area contributed by atoms with Crippen LogP contribution in [0.4, 0.5) is 0 Å². The minimum Gasteiger partial charge on any atom is -0.318 e. The van der Waals surface area contributed by atoms with Crippen LogP contribution in [0.3, 0.4) is 0 Å². The number of rotatable bonds is 5. The Labute approximate surface area is 90.6 Å². The lowest BCUT2D eigenvalue weighted by atomic mass is 10.3. The predicted molar refractivity (Wildman–Crippen MR) is 58.1 cm³/mol. The second-order valence-electron chi connectivity index (χ2n) is 3.62. The van der Waals surface area contributed by atoms with Gasteiger partial charge in [-0.15, -0.1) is 0 Å². The third-order valence-corrected chi connectivity index (χ3v) is 2.52. The fourth-order valence-electron chi connectivity index (χ4n) is 1.68. The summed E-state index contributed by atoms with van der Waals surface area (Å²) in [6.45, 7) is 9.67. The molecule has 0 aromatic heterocycles. The van der Waals surface area contributed by atoms with Crippen molar-refractivity contribution < 1.29 is 4.79 Å². The Morgan fingerprint density at radius 1 is 1.60 bits per heavy atom. The van der Waals surface area contributed by atoms with E-state index in [1.807, 2.05) is 7.05 Å². The second kappa shape index (κ2) is 6.38. The average Bonchev–Trinajstić information content (AvgIpc) is 2.72. The van der Waals surface area contributed by atoms with Crippen LogP contribution >= 0.6 is 0 Å². The van der Waals surface area contributed by atoms with E-state index in [0.717, 1.165) is 32.5 Å². The van der Waals surface area contributed by atoms with Crippen molar-refractivity contribution in [2.45, 2.75) is 19.0 Å². The highest BCUT2D eigenvalue weighted by Crippen LogP contribution is 2.17. The van der Waals surface area contributed by atoms with Gasteiger partial charge in [0.25, 0.3) is 0 Å². The molecule has 2 N–H and O–H groups in total. The Hall–Kier alpha value is -1.12. The summed E-state index contributed by atoms with van der Waals surface area (Å²) in [6, 6.07) is 0. The molecule has 1 rings (SSSR count). The Bertz CT molecular complexity index is 248. The largest absolute Gasteiger partial charge is 0.318 e. The van der Waals surface area contributed by atoms with E-state index in [9.17, 15) is 4.79 Å². The number of nitrogens with zero attached hydrogens (tertiary/aromatic N) is 2. The number of hydrogen-bond donors (Lipinski definition) is 2. The molecule has 1 saturated heterocycles. The first-order valence-electron chi connectivity index (χ1n) is 5.31. The molecule has 1 unspecified atom stereocenters. The first-order valence-corrected chi connectivity index (χ1v) is 5.31. The molecule has 1 aliphatic heterocycles. The molecule has 1 atom stereocenters. The molecular weight excluding hydrogens is 192 g/mol. The Morgan fingerprint density at radius 3 is 3.07 bits per heavy atom. The van der Waals surface area contributed by atoms with Crippen LogP contribution in [0.25, 0.3) is 4.85 Å². The SMILES string of the molecule is [C-]#[N+]C1CCCN1C(=O)CNCCNC. The van der Waals surface area contributed by atoms with Gasteiger partial charge in [0, 0.05) is 26.1 Å². The van der Waals surface area contributed by atoms with Gasteiger partial charge in [-0.05, 0) is 13.5 Å². The fraction of sp³-hybridized carbons (Fsp3) is 0.800. The van der Waals surface area contributed by atoms with Gasteiger partial charge in [0.1, 0.15) is 0 Å². The Kier molecular flexibility index (Phi) is 5.08. The van der Waals surface area contributed by atoms with Crippen molar-refractivity contribution in [2.24, 2.45) is 0 Å². The second-order valence-corrected chi connectivity index (χ2v) is 3.62. The first-order chi connectivity index (χ1) is 7.29. The standard InChI is InChI=1S/C10H18N4O/c1-11-5-6-13-8-10(15)14-7-3-4-9(14)12-2/h9,11,13H,3-8H2,1H3. The molecule has 1 fully saturated rings. The van der Waals surface area contributed by atoms with Gasteiger partial charge in [0.05, 0.1) is 6.54 Å². The van der Waals surface area contributed by atoms with Crippen molar-refractivity contribution in [3.63, 3.8) is 0 Å². The zero-order chi connectivity index (χ0) is 11.1. The van der Waals surface area contributed by atoms with Gasteiger partial charge in [-0.25, -0.2) is 6.57 Å². The first kappa shape index (κ1) is 12.0. The molecule has 1 heterocycles. The lowest BCUT2D eigenvalue weighted by molar-refractivity contribution is -0.130. The quantitative estimate of drug-likeness (QED) is 0.482. The molecular formula is C10H18N4O. The van der Waals surface area contributed by atoms with Crippen molar-refractivity contribution in [1.82, 2.24) is 15.5 Å². The van der Waals surface area contributed by atoms with Crippen molar-refractivity contribution in [3.05, 3.63) is 11.4 Å². The number of carbonyl (C=O) groups excluding carboxylic acids is 1. The van der Waals surface area contributed by atoms with Crippen molar-refractivity contribution in [2.75, 3.05) is 33.2 Å². The molecule has 0 saturated carbocycles. The smallest absolute Gasteiger partial charge is 0.300 e. The Balaban J connectivity index is 2.25. The Morgan fingerprint density at radius 2 is 2.40 bits per heavy atom. The van der Waals surface area contributed by atoms with E-state index in [1.54, 1.807) is 4.90 Å². The van der Waals surface area contributed by atoms with E-state index in [2.05, 4.69) is 15.5 Å².